The Bertz CT molecular complexity index is 1410. The first-order valence-electron chi connectivity index (χ1n) is 11.3. The van der Waals surface area contributed by atoms with Gasteiger partial charge in [-0.1, -0.05) is 57.2 Å². The standard InChI is InChI=1S/C27H25N5O/c1-5-32(21-12-8-10-17-9-6-7-11-18(17)21)24(33)27-14-13-26(4,25(27,2)3)22-23(27)31-20(16-29)19(15-28)30-22/h6-12H,5,13-14H2,1-4H3. The number of hydrogen-bond acceptors (Lipinski definition) is 5. The minimum Gasteiger partial charge on any atom is -0.311 e. The van der Waals surface area contributed by atoms with Gasteiger partial charge in [-0.2, -0.15) is 10.5 Å². The normalized spacial score (nSPS) is 24.2. The van der Waals surface area contributed by atoms with Gasteiger partial charge in [0.05, 0.1) is 22.5 Å². The second kappa shape index (κ2) is 6.86. The molecule has 0 radical (unpaired) electrons. The summed E-state index contributed by atoms with van der Waals surface area (Å²) in [5.41, 5.74) is 0.331. The summed E-state index contributed by atoms with van der Waals surface area (Å²) in [6.45, 7) is 8.82. The Morgan fingerprint density at radius 3 is 2.27 bits per heavy atom. The molecular weight excluding hydrogens is 410 g/mol. The molecule has 1 heterocycles. The number of nitrogens with zero attached hydrogens (tertiary/aromatic N) is 5. The topological polar surface area (TPSA) is 93.7 Å². The Morgan fingerprint density at radius 2 is 1.61 bits per heavy atom. The molecule has 2 unspecified atom stereocenters. The van der Waals surface area contributed by atoms with Gasteiger partial charge in [-0.05, 0) is 36.6 Å². The Balaban J connectivity index is 1.76. The van der Waals surface area contributed by atoms with E-state index in [1.165, 1.54) is 0 Å². The maximum absolute atomic E-state index is 14.6. The number of carbonyl (C=O) groups is 1. The molecule has 33 heavy (non-hydrogen) atoms. The highest BCUT2D eigenvalue weighted by atomic mass is 16.2. The number of benzene rings is 2. The van der Waals surface area contributed by atoms with E-state index in [9.17, 15) is 15.3 Å². The fourth-order valence-corrected chi connectivity index (χ4v) is 6.21. The van der Waals surface area contributed by atoms with Crippen molar-refractivity contribution in [1.29, 1.82) is 10.5 Å². The second-order valence-electron chi connectivity index (χ2n) is 9.75. The Morgan fingerprint density at radius 1 is 0.970 bits per heavy atom. The molecule has 164 valence electrons. The summed E-state index contributed by atoms with van der Waals surface area (Å²) >= 11 is 0. The van der Waals surface area contributed by atoms with Crippen molar-refractivity contribution in [2.75, 3.05) is 11.4 Å². The minimum atomic E-state index is -0.920. The van der Waals surface area contributed by atoms with Crippen molar-refractivity contribution < 1.29 is 4.79 Å². The van der Waals surface area contributed by atoms with Crippen molar-refractivity contribution in [3.05, 3.63) is 65.2 Å². The molecule has 6 heteroatoms. The van der Waals surface area contributed by atoms with Crippen molar-refractivity contribution >= 4 is 22.4 Å². The molecule has 2 aliphatic rings. The van der Waals surface area contributed by atoms with E-state index < -0.39 is 16.2 Å². The van der Waals surface area contributed by atoms with Crippen LogP contribution < -0.4 is 4.90 Å². The van der Waals surface area contributed by atoms with Crippen LogP contribution in [0.15, 0.2) is 42.5 Å². The molecular formula is C27H25N5O. The maximum atomic E-state index is 14.6. The summed E-state index contributed by atoms with van der Waals surface area (Å²) in [5.74, 6) is -0.0169. The molecule has 0 aliphatic heterocycles. The zero-order chi connectivity index (χ0) is 23.6. The van der Waals surface area contributed by atoms with E-state index in [0.29, 0.717) is 24.4 Å². The van der Waals surface area contributed by atoms with Crippen LogP contribution in [-0.4, -0.2) is 22.4 Å². The van der Waals surface area contributed by atoms with E-state index in [1.807, 2.05) is 66.4 Å². The molecule has 0 N–H and O–H groups in total. The molecule has 2 bridgehead atoms. The zero-order valence-corrected chi connectivity index (χ0v) is 19.3. The van der Waals surface area contributed by atoms with Crippen molar-refractivity contribution in [2.24, 2.45) is 5.41 Å². The smallest absolute Gasteiger partial charge is 0.239 e. The third kappa shape index (κ3) is 2.39. The molecule has 1 fully saturated rings. The molecule has 1 aromatic heterocycles. The molecule has 1 amide bonds. The summed E-state index contributed by atoms with van der Waals surface area (Å²) in [6.07, 6.45) is 1.41. The predicted octanol–water partition coefficient (Wildman–Crippen LogP) is 4.76. The van der Waals surface area contributed by atoms with Gasteiger partial charge in [0.25, 0.3) is 0 Å². The highest BCUT2D eigenvalue weighted by Crippen LogP contribution is 2.70. The third-order valence-corrected chi connectivity index (χ3v) is 8.46. The molecule has 6 nitrogen and oxygen atoms in total. The number of likely N-dealkylation sites (N-methyl/N-ethyl adjacent to an activating group) is 1. The summed E-state index contributed by atoms with van der Waals surface area (Å²) in [4.78, 5) is 25.7. The number of hydrogen-bond donors (Lipinski definition) is 0. The van der Waals surface area contributed by atoms with E-state index in [1.54, 1.807) is 0 Å². The third-order valence-electron chi connectivity index (χ3n) is 8.46. The molecule has 5 rings (SSSR count). The Kier molecular flexibility index (Phi) is 4.39. The number of aromatic nitrogens is 2. The SMILES string of the molecule is CCN(C(=O)C12CCC(C)(c3nc(C#N)c(C#N)nc31)C2(C)C)c1cccc2ccccc12. The van der Waals surface area contributed by atoms with Gasteiger partial charge in [-0.25, -0.2) is 9.97 Å². The summed E-state index contributed by atoms with van der Waals surface area (Å²) in [5, 5.41) is 21.3. The molecule has 2 aliphatic carbocycles. The molecule has 0 saturated heterocycles. The lowest BCUT2D eigenvalue weighted by atomic mass is 9.63. The molecule has 0 spiro atoms. The van der Waals surface area contributed by atoms with Crippen LogP contribution in [-0.2, 0) is 15.6 Å². The van der Waals surface area contributed by atoms with Crippen molar-refractivity contribution in [3.63, 3.8) is 0 Å². The fraction of sp³-hybridized carbons (Fsp3) is 0.370. The van der Waals surface area contributed by atoms with Gasteiger partial charge >= 0.3 is 0 Å². The van der Waals surface area contributed by atoms with Gasteiger partial charge in [0, 0.05) is 17.3 Å². The number of amides is 1. The van der Waals surface area contributed by atoms with Gasteiger partial charge in [0.2, 0.25) is 5.91 Å². The minimum absolute atomic E-state index is 0.0106. The van der Waals surface area contributed by atoms with Crippen LogP contribution in [0.1, 0.15) is 63.3 Å². The lowest BCUT2D eigenvalue weighted by Crippen LogP contribution is -2.53. The maximum Gasteiger partial charge on any atom is 0.239 e. The largest absolute Gasteiger partial charge is 0.311 e. The Hall–Kier alpha value is -3.77. The van der Waals surface area contributed by atoms with Crippen LogP contribution in [0.2, 0.25) is 0 Å². The summed E-state index contributed by atoms with van der Waals surface area (Å²) in [6, 6.07) is 18.1. The first kappa shape index (κ1) is 21.1. The van der Waals surface area contributed by atoms with Gasteiger partial charge in [-0.15, -0.1) is 0 Å². The quantitative estimate of drug-likeness (QED) is 0.591. The molecule has 2 atom stereocenters. The van der Waals surface area contributed by atoms with Gasteiger partial charge in [-0.3, -0.25) is 4.79 Å². The van der Waals surface area contributed by atoms with Gasteiger partial charge in [0.1, 0.15) is 12.1 Å². The van der Waals surface area contributed by atoms with Crippen LogP contribution in [0.25, 0.3) is 10.8 Å². The molecule has 1 saturated carbocycles. The van der Waals surface area contributed by atoms with Crippen molar-refractivity contribution in [2.45, 2.75) is 51.4 Å². The highest BCUT2D eigenvalue weighted by molar-refractivity contribution is 6.08. The number of rotatable bonds is 3. The molecule has 3 aromatic rings. The first-order valence-corrected chi connectivity index (χ1v) is 11.3. The lowest BCUT2D eigenvalue weighted by Gasteiger charge is -2.42. The average molecular weight is 436 g/mol. The highest BCUT2D eigenvalue weighted by Gasteiger charge is 2.73. The van der Waals surface area contributed by atoms with E-state index >= 15 is 0 Å². The lowest BCUT2D eigenvalue weighted by molar-refractivity contribution is -0.127. The predicted molar refractivity (Wildman–Crippen MR) is 125 cm³/mol. The van der Waals surface area contributed by atoms with Crippen molar-refractivity contribution in [3.8, 4) is 12.1 Å². The zero-order valence-electron chi connectivity index (χ0n) is 19.3. The second-order valence-corrected chi connectivity index (χ2v) is 9.75. The van der Waals surface area contributed by atoms with E-state index in [0.717, 1.165) is 22.9 Å². The number of nitriles is 2. The average Bonchev–Trinajstić information content (AvgIpc) is 3.13. The van der Waals surface area contributed by atoms with Crippen LogP contribution >= 0.6 is 0 Å². The number of anilines is 1. The fourth-order valence-electron chi connectivity index (χ4n) is 6.21. The van der Waals surface area contributed by atoms with E-state index in [-0.39, 0.29) is 17.3 Å². The summed E-state index contributed by atoms with van der Waals surface area (Å²) < 4.78 is 0. The van der Waals surface area contributed by atoms with Crippen LogP contribution in [0.3, 0.4) is 0 Å². The monoisotopic (exact) mass is 435 g/mol. The van der Waals surface area contributed by atoms with Gasteiger partial charge in [0.15, 0.2) is 11.4 Å². The number of fused-ring (bicyclic) bond motifs is 6. The molecule has 2 aromatic carbocycles. The number of carbonyl (C=O) groups excluding carboxylic acids is 1. The van der Waals surface area contributed by atoms with E-state index in [2.05, 4.69) is 30.7 Å². The van der Waals surface area contributed by atoms with Crippen LogP contribution in [0.4, 0.5) is 5.69 Å². The Labute approximate surface area is 193 Å². The van der Waals surface area contributed by atoms with Crippen LogP contribution in [0.5, 0.6) is 0 Å². The summed E-state index contributed by atoms with van der Waals surface area (Å²) in [7, 11) is 0. The van der Waals surface area contributed by atoms with Crippen molar-refractivity contribution in [1.82, 2.24) is 9.97 Å². The van der Waals surface area contributed by atoms with Crippen LogP contribution in [0, 0.1) is 28.1 Å². The van der Waals surface area contributed by atoms with Gasteiger partial charge < -0.3 is 4.90 Å². The van der Waals surface area contributed by atoms with E-state index in [4.69, 9.17) is 0 Å². The first-order chi connectivity index (χ1) is 15.8.